The molecule has 2 aromatic heterocycles. The minimum absolute atomic E-state index is 0.541. The first-order valence-corrected chi connectivity index (χ1v) is 8.48. The minimum atomic E-state index is 0.541. The number of nitrogens with zero attached hydrogens (tertiary/aromatic N) is 5. The lowest BCUT2D eigenvalue weighted by atomic mass is 10.2. The van der Waals surface area contributed by atoms with Crippen LogP contribution in [0.2, 0.25) is 5.02 Å². The highest BCUT2D eigenvalue weighted by Gasteiger charge is 2.20. The molecule has 6 heteroatoms. The lowest BCUT2D eigenvalue weighted by Gasteiger charge is -2.36. The molecule has 0 aromatic carbocycles. The first-order chi connectivity index (χ1) is 11.7. The maximum absolute atomic E-state index is 9.06. The standard InChI is InChI=1S/C18H20ClN5/c1-14-16(13-20)12-17(19)18(22-14)24-10-8-23(9-11-24)7-4-15-2-5-21-6-3-15/h2-3,5-6,12H,4,7-11H2,1H3. The first-order valence-electron chi connectivity index (χ1n) is 8.11. The van der Waals surface area contributed by atoms with E-state index in [-0.39, 0.29) is 0 Å². The van der Waals surface area contributed by atoms with Crippen molar-refractivity contribution >= 4 is 17.4 Å². The SMILES string of the molecule is Cc1nc(N2CCN(CCc3ccncc3)CC2)c(Cl)cc1C#N. The molecule has 3 heterocycles. The van der Waals surface area contributed by atoms with Crippen molar-refractivity contribution in [2.75, 3.05) is 37.6 Å². The molecule has 0 bridgehead atoms. The normalized spacial score (nSPS) is 15.3. The van der Waals surface area contributed by atoms with E-state index >= 15 is 0 Å². The number of nitriles is 1. The van der Waals surface area contributed by atoms with Gasteiger partial charge in [-0.25, -0.2) is 4.98 Å². The Morgan fingerprint density at radius 1 is 1.21 bits per heavy atom. The molecule has 5 nitrogen and oxygen atoms in total. The van der Waals surface area contributed by atoms with E-state index in [1.807, 2.05) is 19.3 Å². The molecule has 0 radical (unpaired) electrons. The van der Waals surface area contributed by atoms with Gasteiger partial charge in [0, 0.05) is 45.1 Å². The van der Waals surface area contributed by atoms with E-state index in [1.54, 1.807) is 6.07 Å². The Morgan fingerprint density at radius 3 is 2.58 bits per heavy atom. The number of hydrogen-bond donors (Lipinski definition) is 0. The van der Waals surface area contributed by atoms with Crippen LogP contribution in [0.3, 0.4) is 0 Å². The zero-order chi connectivity index (χ0) is 16.9. The van der Waals surface area contributed by atoms with Crippen LogP contribution in [-0.2, 0) is 6.42 Å². The lowest BCUT2D eigenvalue weighted by Crippen LogP contribution is -2.47. The number of piperazine rings is 1. The predicted octanol–water partition coefficient (Wildman–Crippen LogP) is 2.67. The quantitative estimate of drug-likeness (QED) is 0.855. The van der Waals surface area contributed by atoms with Crippen LogP contribution in [0.25, 0.3) is 0 Å². The molecule has 0 saturated carbocycles. The molecular weight excluding hydrogens is 322 g/mol. The monoisotopic (exact) mass is 341 g/mol. The van der Waals surface area contributed by atoms with Gasteiger partial charge in [-0.15, -0.1) is 0 Å². The number of rotatable bonds is 4. The molecule has 1 saturated heterocycles. The third-order valence-corrected chi connectivity index (χ3v) is 4.68. The number of aryl methyl sites for hydroxylation is 1. The fraction of sp³-hybridized carbons (Fsp3) is 0.389. The lowest BCUT2D eigenvalue weighted by molar-refractivity contribution is 0.260. The van der Waals surface area contributed by atoms with Gasteiger partial charge in [0.05, 0.1) is 16.3 Å². The maximum Gasteiger partial charge on any atom is 0.147 e. The predicted molar refractivity (Wildman–Crippen MR) is 95.3 cm³/mol. The molecule has 0 aliphatic carbocycles. The summed E-state index contributed by atoms with van der Waals surface area (Å²) in [7, 11) is 0. The van der Waals surface area contributed by atoms with Crippen molar-refractivity contribution in [2.24, 2.45) is 0 Å². The van der Waals surface area contributed by atoms with Crippen molar-refractivity contribution in [2.45, 2.75) is 13.3 Å². The van der Waals surface area contributed by atoms with E-state index in [1.165, 1.54) is 5.56 Å². The summed E-state index contributed by atoms with van der Waals surface area (Å²) in [5, 5.41) is 9.62. The van der Waals surface area contributed by atoms with Gasteiger partial charge in [-0.3, -0.25) is 9.88 Å². The Bertz CT molecular complexity index is 733. The summed E-state index contributed by atoms with van der Waals surface area (Å²) in [6.07, 6.45) is 4.72. The fourth-order valence-corrected chi connectivity index (χ4v) is 3.19. The van der Waals surface area contributed by atoms with Crippen LogP contribution in [-0.4, -0.2) is 47.6 Å². The van der Waals surface area contributed by atoms with Gasteiger partial charge < -0.3 is 4.90 Å². The summed E-state index contributed by atoms with van der Waals surface area (Å²) < 4.78 is 0. The van der Waals surface area contributed by atoms with Gasteiger partial charge in [0.15, 0.2) is 0 Å². The minimum Gasteiger partial charge on any atom is -0.353 e. The Kier molecular flexibility index (Phi) is 5.29. The second-order valence-electron chi connectivity index (χ2n) is 5.97. The highest BCUT2D eigenvalue weighted by Crippen LogP contribution is 2.26. The van der Waals surface area contributed by atoms with Crippen molar-refractivity contribution in [3.8, 4) is 6.07 Å². The second kappa shape index (κ2) is 7.61. The van der Waals surface area contributed by atoms with Crippen LogP contribution in [0, 0.1) is 18.3 Å². The van der Waals surface area contributed by atoms with E-state index < -0.39 is 0 Å². The molecular formula is C18H20ClN5. The molecule has 0 spiro atoms. The van der Waals surface area contributed by atoms with Crippen LogP contribution < -0.4 is 4.90 Å². The Balaban J connectivity index is 1.57. The second-order valence-corrected chi connectivity index (χ2v) is 6.38. The third kappa shape index (κ3) is 3.84. The van der Waals surface area contributed by atoms with Gasteiger partial charge >= 0.3 is 0 Å². The third-order valence-electron chi connectivity index (χ3n) is 4.41. The summed E-state index contributed by atoms with van der Waals surface area (Å²) in [4.78, 5) is 13.3. The van der Waals surface area contributed by atoms with Crippen molar-refractivity contribution < 1.29 is 0 Å². The highest BCUT2D eigenvalue weighted by atomic mass is 35.5. The van der Waals surface area contributed by atoms with Crippen molar-refractivity contribution in [1.82, 2.24) is 14.9 Å². The molecule has 0 amide bonds. The molecule has 0 atom stereocenters. The molecule has 2 aromatic rings. The topological polar surface area (TPSA) is 56.1 Å². The van der Waals surface area contributed by atoms with Gasteiger partial charge in [-0.05, 0) is 37.1 Å². The number of hydrogen-bond acceptors (Lipinski definition) is 5. The largest absolute Gasteiger partial charge is 0.353 e. The van der Waals surface area contributed by atoms with Crippen molar-refractivity contribution in [1.29, 1.82) is 5.26 Å². The van der Waals surface area contributed by atoms with E-state index in [9.17, 15) is 0 Å². The molecule has 0 unspecified atom stereocenters. The van der Waals surface area contributed by atoms with E-state index in [2.05, 4.69) is 38.0 Å². The molecule has 3 rings (SSSR count). The van der Waals surface area contributed by atoms with Crippen LogP contribution in [0.4, 0.5) is 5.82 Å². The van der Waals surface area contributed by atoms with Crippen LogP contribution in [0.15, 0.2) is 30.6 Å². The van der Waals surface area contributed by atoms with Crippen LogP contribution in [0.5, 0.6) is 0 Å². The number of anilines is 1. The van der Waals surface area contributed by atoms with E-state index in [0.717, 1.165) is 50.7 Å². The van der Waals surface area contributed by atoms with Crippen LogP contribution in [0.1, 0.15) is 16.8 Å². The average molecular weight is 342 g/mol. The Morgan fingerprint density at radius 2 is 1.92 bits per heavy atom. The zero-order valence-electron chi connectivity index (χ0n) is 13.7. The molecule has 1 aliphatic heterocycles. The number of aromatic nitrogens is 2. The molecule has 124 valence electrons. The first kappa shape index (κ1) is 16.7. The summed E-state index contributed by atoms with van der Waals surface area (Å²) in [6, 6.07) is 7.98. The summed E-state index contributed by atoms with van der Waals surface area (Å²) >= 11 is 6.32. The molecule has 24 heavy (non-hydrogen) atoms. The van der Waals surface area contributed by atoms with Gasteiger partial charge in [-0.2, -0.15) is 5.26 Å². The number of pyridine rings is 2. The summed E-state index contributed by atoms with van der Waals surface area (Å²) in [5.74, 6) is 0.793. The van der Waals surface area contributed by atoms with Gasteiger partial charge in [0.1, 0.15) is 11.9 Å². The molecule has 1 fully saturated rings. The van der Waals surface area contributed by atoms with Gasteiger partial charge in [0.25, 0.3) is 0 Å². The van der Waals surface area contributed by atoms with Crippen molar-refractivity contribution in [3.05, 3.63) is 52.4 Å². The fourth-order valence-electron chi connectivity index (χ4n) is 2.92. The van der Waals surface area contributed by atoms with Gasteiger partial charge in [-0.1, -0.05) is 11.6 Å². The van der Waals surface area contributed by atoms with Crippen molar-refractivity contribution in [3.63, 3.8) is 0 Å². The maximum atomic E-state index is 9.06. The highest BCUT2D eigenvalue weighted by molar-refractivity contribution is 6.33. The number of halogens is 1. The summed E-state index contributed by atoms with van der Waals surface area (Å²) in [5.41, 5.74) is 2.59. The summed E-state index contributed by atoms with van der Waals surface area (Å²) in [6.45, 7) is 6.67. The Hall–Kier alpha value is -2.16. The van der Waals surface area contributed by atoms with Crippen LogP contribution >= 0.6 is 11.6 Å². The average Bonchev–Trinajstić information content (AvgIpc) is 2.63. The van der Waals surface area contributed by atoms with Gasteiger partial charge in [0.2, 0.25) is 0 Å². The van der Waals surface area contributed by atoms with E-state index in [4.69, 9.17) is 16.9 Å². The van der Waals surface area contributed by atoms with E-state index in [0.29, 0.717) is 10.6 Å². The molecule has 0 N–H and O–H groups in total. The molecule has 1 aliphatic rings. The zero-order valence-corrected chi connectivity index (χ0v) is 14.5. The smallest absolute Gasteiger partial charge is 0.147 e. The Labute approximate surface area is 147 Å².